The number of nitro benzene ring substituents is 1. The largest absolute Gasteiger partial charge is 0.497 e. The molecule has 1 N–H and O–H groups in total. The Morgan fingerprint density at radius 1 is 1.05 bits per heavy atom. The SMILES string of the molecule is CCCCNC(=O)C(C)N(Cc1ccc(Cl)c(Cl)c1)C(=O)CN(c1ccc(OC)cc1)S(=O)(=O)c1ccc(C)c([N+](=O)[O-])c1. The molecular formula is C30H34Cl2N4O7S. The Hall–Kier alpha value is -3.87. The maximum Gasteiger partial charge on any atom is 0.273 e. The molecule has 11 nitrogen and oxygen atoms in total. The number of carbonyl (C=O) groups excluding carboxylic acids is 2. The van der Waals surface area contributed by atoms with Crippen molar-refractivity contribution in [3.8, 4) is 5.75 Å². The molecule has 0 bridgehead atoms. The van der Waals surface area contributed by atoms with Crippen molar-refractivity contribution >= 4 is 56.4 Å². The van der Waals surface area contributed by atoms with Gasteiger partial charge in [0.15, 0.2) is 0 Å². The Kier molecular flexibility index (Phi) is 12.0. The highest BCUT2D eigenvalue weighted by molar-refractivity contribution is 7.92. The number of amides is 2. The van der Waals surface area contributed by atoms with Crippen LogP contribution in [0.5, 0.6) is 5.75 Å². The fourth-order valence-corrected chi connectivity index (χ4v) is 6.06. The number of nitrogens with zero attached hydrogens (tertiary/aromatic N) is 3. The van der Waals surface area contributed by atoms with Gasteiger partial charge in [-0.2, -0.15) is 0 Å². The zero-order chi connectivity index (χ0) is 32.6. The number of sulfonamides is 1. The van der Waals surface area contributed by atoms with E-state index in [9.17, 15) is 28.1 Å². The number of nitrogens with one attached hydrogen (secondary N) is 1. The van der Waals surface area contributed by atoms with Crippen LogP contribution in [0.4, 0.5) is 11.4 Å². The number of hydrogen-bond donors (Lipinski definition) is 1. The lowest BCUT2D eigenvalue weighted by Crippen LogP contribution is -2.51. The molecule has 0 spiro atoms. The van der Waals surface area contributed by atoms with Crippen LogP contribution in [-0.2, 0) is 26.2 Å². The van der Waals surface area contributed by atoms with E-state index in [0.29, 0.717) is 22.9 Å². The lowest BCUT2D eigenvalue weighted by atomic mass is 10.1. The molecule has 0 heterocycles. The number of nitro groups is 1. The van der Waals surface area contributed by atoms with Crippen molar-refractivity contribution in [2.45, 2.75) is 51.1 Å². The van der Waals surface area contributed by atoms with E-state index in [4.69, 9.17) is 27.9 Å². The molecule has 14 heteroatoms. The first-order valence-electron chi connectivity index (χ1n) is 13.7. The van der Waals surface area contributed by atoms with Crippen LogP contribution in [0.1, 0.15) is 37.8 Å². The van der Waals surface area contributed by atoms with Crippen LogP contribution in [0.3, 0.4) is 0 Å². The Morgan fingerprint density at radius 3 is 2.32 bits per heavy atom. The molecule has 44 heavy (non-hydrogen) atoms. The molecule has 0 radical (unpaired) electrons. The predicted molar refractivity (Wildman–Crippen MR) is 170 cm³/mol. The number of halogens is 2. The number of carbonyl (C=O) groups is 2. The van der Waals surface area contributed by atoms with Gasteiger partial charge in [-0.15, -0.1) is 0 Å². The Balaban J connectivity index is 2.08. The molecule has 3 aromatic rings. The highest BCUT2D eigenvalue weighted by Gasteiger charge is 2.33. The van der Waals surface area contributed by atoms with Crippen molar-refractivity contribution < 1.29 is 27.7 Å². The van der Waals surface area contributed by atoms with E-state index >= 15 is 0 Å². The van der Waals surface area contributed by atoms with Gasteiger partial charge in [-0.25, -0.2) is 8.42 Å². The summed E-state index contributed by atoms with van der Waals surface area (Å²) in [5.74, 6) is -0.669. The third-order valence-electron chi connectivity index (χ3n) is 6.94. The number of unbranched alkanes of at least 4 members (excludes halogenated alkanes) is 1. The normalized spacial score (nSPS) is 11.9. The van der Waals surface area contributed by atoms with E-state index in [-0.39, 0.29) is 33.4 Å². The molecule has 1 atom stereocenters. The van der Waals surface area contributed by atoms with Crippen molar-refractivity contribution in [3.05, 3.63) is 92.0 Å². The van der Waals surface area contributed by atoms with Gasteiger partial charge < -0.3 is 15.0 Å². The maximum atomic E-state index is 14.0. The second-order valence-corrected chi connectivity index (χ2v) is 12.7. The van der Waals surface area contributed by atoms with Crippen LogP contribution in [0.25, 0.3) is 0 Å². The lowest BCUT2D eigenvalue weighted by Gasteiger charge is -2.32. The summed E-state index contributed by atoms with van der Waals surface area (Å²) in [5.41, 5.74) is 0.563. The zero-order valence-corrected chi connectivity index (χ0v) is 27.1. The summed E-state index contributed by atoms with van der Waals surface area (Å²) < 4.78 is 34.1. The van der Waals surface area contributed by atoms with Gasteiger partial charge in [0.05, 0.1) is 32.7 Å². The molecule has 0 saturated heterocycles. The molecule has 0 aliphatic carbocycles. The second kappa shape index (κ2) is 15.2. The van der Waals surface area contributed by atoms with Gasteiger partial charge in [0, 0.05) is 24.7 Å². The van der Waals surface area contributed by atoms with Crippen molar-refractivity contribution in [2.75, 3.05) is 24.5 Å². The molecule has 0 saturated carbocycles. The maximum absolute atomic E-state index is 14.0. The standard InChI is InChI=1S/C30H34Cl2N4O7S/c1-5-6-15-33-30(38)21(3)34(18-22-8-14-26(31)27(32)16-22)29(37)19-35(23-9-11-24(43-4)12-10-23)44(41,42)25-13-7-20(2)28(17-25)36(39)40/h7-14,16-17,21H,5-6,15,18-19H2,1-4H3,(H,33,38). The summed E-state index contributed by atoms with van der Waals surface area (Å²) in [4.78, 5) is 38.9. The summed E-state index contributed by atoms with van der Waals surface area (Å²) in [6.45, 7) is 4.63. The summed E-state index contributed by atoms with van der Waals surface area (Å²) in [7, 11) is -3.07. The van der Waals surface area contributed by atoms with Crippen molar-refractivity contribution in [1.82, 2.24) is 10.2 Å². The van der Waals surface area contributed by atoms with E-state index in [1.807, 2.05) is 6.92 Å². The van der Waals surface area contributed by atoms with Gasteiger partial charge in [0.25, 0.3) is 15.7 Å². The van der Waals surface area contributed by atoms with E-state index in [0.717, 1.165) is 23.2 Å². The number of anilines is 1. The highest BCUT2D eigenvalue weighted by atomic mass is 35.5. The number of rotatable bonds is 14. The summed E-state index contributed by atoms with van der Waals surface area (Å²) in [6.07, 6.45) is 1.60. The first-order valence-corrected chi connectivity index (χ1v) is 15.9. The topological polar surface area (TPSA) is 139 Å². The highest BCUT2D eigenvalue weighted by Crippen LogP contribution is 2.30. The zero-order valence-electron chi connectivity index (χ0n) is 24.7. The molecule has 236 valence electrons. The number of aryl methyl sites for hydroxylation is 1. The van der Waals surface area contributed by atoms with Crippen molar-refractivity contribution in [2.24, 2.45) is 0 Å². The van der Waals surface area contributed by atoms with E-state index < -0.39 is 39.3 Å². The van der Waals surface area contributed by atoms with Gasteiger partial charge in [-0.05, 0) is 68.3 Å². The first kappa shape index (κ1) is 34.6. The summed E-state index contributed by atoms with van der Waals surface area (Å²) >= 11 is 12.3. The first-order chi connectivity index (χ1) is 20.8. The van der Waals surface area contributed by atoms with Crippen LogP contribution in [0.15, 0.2) is 65.6 Å². The van der Waals surface area contributed by atoms with Crippen LogP contribution < -0.4 is 14.4 Å². The Labute approximate surface area is 266 Å². The Morgan fingerprint density at radius 2 is 1.73 bits per heavy atom. The molecule has 0 aromatic heterocycles. The van der Waals surface area contributed by atoms with Gasteiger partial charge in [0.1, 0.15) is 18.3 Å². The van der Waals surface area contributed by atoms with Gasteiger partial charge in [-0.3, -0.25) is 24.0 Å². The number of methoxy groups -OCH3 is 1. The number of benzene rings is 3. The average molecular weight is 666 g/mol. The summed E-state index contributed by atoms with van der Waals surface area (Å²) in [6, 6.07) is 13.3. The molecule has 3 rings (SSSR count). The predicted octanol–water partition coefficient (Wildman–Crippen LogP) is 5.75. The summed E-state index contributed by atoms with van der Waals surface area (Å²) in [5, 5.41) is 15.0. The van der Waals surface area contributed by atoms with Crippen molar-refractivity contribution in [3.63, 3.8) is 0 Å². The monoisotopic (exact) mass is 664 g/mol. The van der Waals surface area contributed by atoms with Crippen LogP contribution in [0, 0.1) is 17.0 Å². The minimum atomic E-state index is -4.52. The number of ether oxygens (including phenoxy) is 1. The molecule has 0 aliphatic rings. The quantitative estimate of drug-likeness (QED) is 0.132. The second-order valence-electron chi connectivity index (χ2n) is 10.0. The third-order valence-corrected chi connectivity index (χ3v) is 9.45. The molecule has 3 aromatic carbocycles. The van der Waals surface area contributed by atoms with Crippen LogP contribution >= 0.6 is 23.2 Å². The fraction of sp³-hybridized carbons (Fsp3) is 0.333. The van der Waals surface area contributed by atoms with Gasteiger partial charge in [0.2, 0.25) is 11.8 Å². The minimum absolute atomic E-state index is 0.0788. The molecule has 0 fully saturated rings. The van der Waals surface area contributed by atoms with Crippen LogP contribution in [-0.4, -0.2) is 56.3 Å². The molecular weight excluding hydrogens is 631 g/mol. The smallest absolute Gasteiger partial charge is 0.273 e. The fourth-order valence-electron chi connectivity index (χ4n) is 4.30. The lowest BCUT2D eigenvalue weighted by molar-refractivity contribution is -0.385. The number of hydrogen-bond acceptors (Lipinski definition) is 7. The van der Waals surface area contributed by atoms with E-state index in [1.54, 1.807) is 25.1 Å². The molecule has 1 unspecified atom stereocenters. The molecule has 0 aliphatic heterocycles. The van der Waals surface area contributed by atoms with Gasteiger partial charge in [-0.1, -0.05) is 48.7 Å². The van der Waals surface area contributed by atoms with E-state index in [1.165, 1.54) is 55.3 Å². The average Bonchev–Trinajstić information content (AvgIpc) is 2.99. The van der Waals surface area contributed by atoms with Crippen molar-refractivity contribution in [1.29, 1.82) is 0 Å². The molecule has 2 amide bonds. The van der Waals surface area contributed by atoms with Crippen LogP contribution in [0.2, 0.25) is 10.0 Å². The minimum Gasteiger partial charge on any atom is -0.497 e. The third kappa shape index (κ3) is 8.40. The van der Waals surface area contributed by atoms with Gasteiger partial charge >= 0.3 is 0 Å². The van der Waals surface area contributed by atoms with E-state index in [2.05, 4.69) is 5.32 Å². The Bertz CT molecular complexity index is 1620.